The van der Waals surface area contributed by atoms with E-state index in [1.54, 1.807) is 42.9 Å². The molecule has 7 nitrogen and oxygen atoms in total. The van der Waals surface area contributed by atoms with Crippen LogP contribution in [0.3, 0.4) is 0 Å². The molecule has 0 fully saturated rings. The van der Waals surface area contributed by atoms with Crippen molar-refractivity contribution in [3.05, 3.63) is 100 Å². The van der Waals surface area contributed by atoms with E-state index in [1.807, 2.05) is 12.1 Å². The predicted molar refractivity (Wildman–Crippen MR) is 119 cm³/mol. The standard InChI is InChI=1S/C23H14ClF3N6O/c24-17-4-2-16(3-5-17)20-18(15-7-9-28-10-8-15)13-32-21(30-20)31-33(22(32)34)12-14-1-6-19(29-11-14)23(25,26)27/h1-11,13H,12H2. The van der Waals surface area contributed by atoms with E-state index in [0.717, 1.165) is 28.1 Å². The molecule has 34 heavy (non-hydrogen) atoms. The Balaban J connectivity index is 1.61. The zero-order chi connectivity index (χ0) is 23.9. The van der Waals surface area contributed by atoms with Crippen LogP contribution >= 0.6 is 11.6 Å². The Morgan fingerprint density at radius 3 is 2.32 bits per heavy atom. The number of benzene rings is 1. The van der Waals surface area contributed by atoms with Gasteiger partial charge in [-0.25, -0.2) is 18.9 Å². The van der Waals surface area contributed by atoms with Crippen molar-refractivity contribution in [2.75, 3.05) is 0 Å². The molecule has 4 aromatic heterocycles. The second-order valence-corrected chi connectivity index (χ2v) is 7.84. The fraction of sp³-hybridized carbons (Fsp3) is 0.0870. The Morgan fingerprint density at radius 2 is 1.68 bits per heavy atom. The highest BCUT2D eigenvalue weighted by Crippen LogP contribution is 2.31. The van der Waals surface area contributed by atoms with E-state index in [1.165, 1.54) is 10.5 Å². The summed E-state index contributed by atoms with van der Waals surface area (Å²) >= 11 is 6.03. The average molecular weight is 483 g/mol. The van der Waals surface area contributed by atoms with E-state index >= 15 is 0 Å². The van der Waals surface area contributed by atoms with Gasteiger partial charge in [0.05, 0.1) is 12.2 Å². The van der Waals surface area contributed by atoms with Crippen molar-refractivity contribution in [2.24, 2.45) is 0 Å². The largest absolute Gasteiger partial charge is 0.433 e. The second-order valence-electron chi connectivity index (χ2n) is 7.41. The monoisotopic (exact) mass is 482 g/mol. The fourth-order valence-electron chi connectivity index (χ4n) is 3.48. The summed E-state index contributed by atoms with van der Waals surface area (Å²) in [6.07, 6.45) is 1.44. The van der Waals surface area contributed by atoms with Crippen LogP contribution in [0.5, 0.6) is 0 Å². The van der Waals surface area contributed by atoms with Gasteiger partial charge in [0.15, 0.2) is 0 Å². The van der Waals surface area contributed by atoms with Crippen LogP contribution in [0.15, 0.2) is 78.1 Å². The van der Waals surface area contributed by atoms with Crippen LogP contribution in [0.2, 0.25) is 5.02 Å². The van der Waals surface area contributed by atoms with Crippen LogP contribution in [-0.4, -0.2) is 29.1 Å². The lowest BCUT2D eigenvalue weighted by Gasteiger charge is -2.09. The van der Waals surface area contributed by atoms with E-state index in [9.17, 15) is 18.0 Å². The summed E-state index contributed by atoms with van der Waals surface area (Å²) < 4.78 is 40.8. The van der Waals surface area contributed by atoms with Gasteiger partial charge in [0.25, 0.3) is 5.78 Å². The molecule has 1 aromatic carbocycles. The summed E-state index contributed by atoms with van der Waals surface area (Å²) in [7, 11) is 0. The van der Waals surface area contributed by atoms with E-state index < -0.39 is 17.6 Å². The SMILES string of the molecule is O=c1n(Cc2ccc(C(F)(F)F)nc2)nc2nc(-c3ccc(Cl)cc3)c(-c3ccncc3)cn12. The van der Waals surface area contributed by atoms with Crippen molar-refractivity contribution >= 4 is 17.4 Å². The van der Waals surface area contributed by atoms with Gasteiger partial charge in [-0.3, -0.25) is 9.97 Å². The van der Waals surface area contributed by atoms with Crippen LogP contribution in [0.4, 0.5) is 13.2 Å². The lowest BCUT2D eigenvalue weighted by molar-refractivity contribution is -0.141. The van der Waals surface area contributed by atoms with Crippen molar-refractivity contribution in [2.45, 2.75) is 12.7 Å². The van der Waals surface area contributed by atoms with Crippen molar-refractivity contribution in [1.82, 2.24) is 29.1 Å². The Hall–Kier alpha value is -4.05. The van der Waals surface area contributed by atoms with Gasteiger partial charge in [-0.05, 0) is 41.5 Å². The maximum Gasteiger partial charge on any atom is 0.433 e. The molecule has 0 spiro atoms. The number of rotatable bonds is 4. The van der Waals surface area contributed by atoms with Gasteiger partial charge in [0.2, 0.25) is 0 Å². The van der Waals surface area contributed by atoms with Gasteiger partial charge in [0.1, 0.15) is 5.69 Å². The van der Waals surface area contributed by atoms with E-state index in [-0.39, 0.29) is 12.3 Å². The van der Waals surface area contributed by atoms with E-state index in [2.05, 4.69) is 20.1 Å². The van der Waals surface area contributed by atoms with Gasteiger partial charge >= 0.3 is 11.9 Å². The number of pyridine rings is 2. The Bertz CT molecular complexity index is 1530. The minimum atomic E-state index is -4.54. The summed E-state index contributed by atoms with van der Waals surface area (Å²) in [6.45, 7) is -0.0613. The number of hydrogen-bond donors (Lipinski definition) is 0. The molecule has 0 radical (unpaired) electrons. The molecular weight excluding hydrogens is 469 g/mol. The van der Waals surface area contributed by atoms with Gasteiger partial charge in [-0.1, -0.05) is 29.8 Å². The average Bonchev–Trinajstić information content (AvgIpc) is 3.13. The Labute approximate surface area is 195 Å². The van der Waals surface area contributed by atoms with E-state index in [0.29, 0.717) is 21.8 Å². The third-order valence-corrected chi connectivity index (χ3v) is 5.39. The van der Waals surface area contributed by atoms with E-state index in [4.69, 9.17) is 11.6 Å². The molecule has 5 aromatic rings. The molecule has 0 N–H and O–H groups in total. The number of halogens is 4. The molecular formula is C23H14ClF3N6O. The third-order valence-electron chi connectivity index (χ3n) is 5.13. The minimum Gasteiger partial charge on any atom is -0.265 e. The molecule has 0 unspecified atom stereocenters. The fourth-order valence-corrected chi connectivity index (χ4v) is 3.61. The number of fused-ring (bicyclic) bond motifs is 1. The molecule has 0 atom stereocenters. The molecule has 0 bridgehead atoms. The summed E-state index contributed by atoms with van der Waals surface area (Å²) in [6, 6.07) is 12.8. The lowest BCUT2D eigenvalue weighted by Crippen LogP contribution is -2.22. The molecule has 0 amide bonds. The number of nitrogens with zero attached hydrogens (tertiary/aromatic N) is 6. The summed E-state index contributed by atoms with van der Waals surface area (Å²) in [5.74, 6) is 0.146. The number of hydrogen-bond acceptors (Lipinski definition) is 5. The molecule has 170 valence electrons. The number of alkyl halides is 3. The molecule has 0 aliphatic rings. The van der Waals surface area contributed by atoms with Crippen LogP contribution in [0, 0.1) is 0 Å². The van der Waals surface area contributed by atoms with Crippen molar-refractivity contribution in [1.29, 1.82) is 0 Å². The third kappa shape index (κ3) is 4.15. The topological polar surface area (TPSA) is 78.0 Å². The summed E-state index contributed by atoms with van der Waals surface area (Å²) in [5, 5.41) is 4.86. The van der Waals surface area contributed by atoms with Crippen LogP contribution in [0.1, 0.15) is 11.3 Å². The highest BCUT2D eigenvalue weighted by atomic mass is 35.5. The Morgan fingerprint density at radius 1 is 0.941 bits per heavy atom. The van der Waals surface area contributed by atoms with Crippen LogP contribution in [0.25, 0.3) is 28.2 Å². The highest BCUT2D eigenvalue weighted by Gasteiger charge is 2.32. The molecule has 11 heteroatoms. The Kier molecular flexibility index (Phi) is 5.37. The smallest absolute Gasteiger partial charge is 0.265 e. The molecule has 0 saturated heterocycles. The molecule has 0 aliphatic carbocycles. The zero-order valence-electron chi connectivity index (χ0n) is 17.2. The van der Waals surface area contributed by atoms with Crippen molar-refractivity contribution < 1.29 is 13.2 Å². The first kappa shape index (κ1) is 21.8. The number of aromatic nitrogens is 6. The quantitative estimate of drug-likeness (QED) is 0.370. The minimum absolute atomic E-state index is 0.0613. The first-order valence-corrected chi connectivity index (χ1v) is 10.4. The van der Waals surface area contributed by atoms with Gasteiger partial charge in [-0.2, -0.15) is 13.2 Å². The van der Waals surface area contributed by atoms with Gasteiger partial charge < -0.3 is 0 Å². The highest BCUT2D eigenvalue weighted by molar-refractivity contribution is 6.30. The van der Waals surface area contributed by atoms with Gasteiger partial charge in [0, 0.05) is 40.9 Å². The molecule has 0 saturated carbocycles. The molecule has 4 heterocycles. The van der Waals surface area contributed by atoms with Crippen molar-refractivity contribution in [3.8, 4) is 22.4 Å². The van der Waals surface area contributed by atoms with Crippen molar-refractivity contribution in [3.63, 3.8) is 0 Å². The maximum absolute atomic E-state index is 13.0. The van der Waals surface area contributed by atoms with Gasteiger partial charge in [-0.15, -0.1) is 5.10 Å². The summed E-state index contributed by atoms with van der Waals surface area (Å²) in [4.78, 5) is 25.1. The lowest BCUT2D eigenvalue weighted by atomic mass is 10.0. The summed E-state index contributed by atoms with van der Waals surface area (Å²) in [5.41, 5.74) is 1.73. The molecule has 0 aliphatic heterocycles. The normalized spacial score (nSPS) is 11.8. The molecule has 5 rings (SSSR count). The second kappa shape index (κ2) is 8.38. The first-order valence-electron chi connectivity index (χ1n) is 9.98. The zero-order valence-corrected chi connectivity index (χ0v) is 18.0. The maximum atomic E-state index is 13.0. The van der Waals surface area contributed by atoms with Crippen LogP contribution in [-0.2, 0) is 12.7 Å². The first-order chi connectivity index (χ1) is 16.3. The predicted octanol–water partition coefficient (Wildman–Crippen LogP) is 4.74. The van der Waals surface area contributed by atoms with Crippen LogP contribution < -0.4 is 5.69 Å².